The lowest BCUT2D eigenvalue weighted by Gasteiger charge is -2.18. The largest absolute Gasteiger partial charge is 0.454 e. The highest BCUT2D eigenvalue weighted by Crippen LogP contribution is 2.32. The standard InChI is InChI=1S/C17H17NO3S/c1-2-18(11-14-4-3-9-22-14)17(19)8-6-13-5-7-15-16(10-13)21-12-20-15/h3-10H,2,11-12H2,1H3/b8-6+. The third-order valence-corrected chi connectivity index (χ3v) is 4.30. The Balaban J connectivity index is 1.66. The number of carbonyl (C=O) groups is 1. The fraction of sp³-hybridized carbons (Fsp3) is 0.235. The summed E-state index contributed by atoms with van der Waals surface area (Å²) in [6.45, 7) is 3.58. The van der Waals surface area contributed by atoms with Crippen LogP contribution in [-0.4, -0.2) is 24.1 Å². The third kappa shape index (κ3) is 3.31. The van der Waals surface area contributed by atoms with E-state index in [1.807, 2.05) is 47.5 Å². The monoisotopic (exact) mass is 315 g/mol. The molecule has 0 bridgehead atoms. The highest BCUT2D eigenvalue weighted by molar-refractivity contribution is 7.09. The summed E-state index contributed by atoms with van der Waals surface area (Å²) in [6, 6.07) is 9.69. The normalized spacial score (nSPS) is 12.8. The molecule has 0 atom stereocenters. The number of hydrogen-bond acceptors (Lipinski definition) is 4. The summed E-state index contributed by atoms with van der Waals surface area (Å²) in [5, 5.41) is 2.02. The molecule has 0 N–H and O–H groups in total. The van der Waals surface area contributed by atoms with E-state index in [1.165, 1.54) is 4.88 Å². The number of rotatable bonds is 5. The molecule has 1 aromatic carbocycles. The fourth-order valence-electron chi connectivity index (χ4n) is 2.23. The molecule has 22 heavy (non-hydrogen) atoms. The van der Waals surface area contributed by atoms with Gasteiger partial charge in [0.15, 0.2) is 11.5 Å². The molecular formula is C17H17NO3S. The highest BCUT2D eigenvalue weighted by Gasteiger charge is 2.13. The first-order valence-corrected chi connectivity index (χ1v) is 8.03. The number of nitrogens with zero attached hydrogens (tertiary/aromatic N) is 1. The van der Waals surface area contributed by atoms with Gasteiger partial charge in [-0.3, -0.25) is 4.79 Å². The van der Waals surface area contributed by atoms with Crippen molar-refractivity contribution in [2.24, 2.45) is 0 Å². The van der Waals surface area contributed by atoms with Crippen molar-refractivity contribution >= 4 is 23.3 Å². The second-order valence-electron chi connectivity index (χ2n) is 4.88. The summed E-state index contributed by atoms with van der Waals surface area (Å²) in [5.41, 5.74) is 0.921. The molecule has 1 aliphatic heterocycles. The van der Waals surface area contributed by atoms with E-state index in [1.54, 1.807) is 23.5 Å². The van der Waals surface area contributed by atoms with E-state index >= 15 is 0 Å². The van der Waals surface area contributed by atoms with E-state index in [9.17, 15) is 4.79 Å². The molecule has 0 spiro atoms. The molecule has 4 nitrogen and oxygen atoms in total. The molecule has 0 saturated carbocycles. The maximum atomic E-state index is 12.3. The van der Waals surface area contributed by atoms with Crippen LogP contribution in [0.3, 0.4) is 0 Å². The van der Waals surface area contributed by atoms with E-state index in [-0.39, 0.29) is 12.7 Å². The summed E-state index contributed by atoms with van der Waals surface area (Å²) in [7, 11) is 0. The van der Waals surface area contributed by atoms with Crippen LogP contribution in [0, 0.1) is 0 Å². The number of amides is 1. The summed E-state index contributed by atoms with van der Waals surface area (Å²) in [5.74, 6) is 1.48. The Labute approximate surface area is 133 Å². The van der Waals surface area contributed by atoms with Gasteiger partial charge in [0.05, 0.1) is 6.54 Å². The minimum absolute atomic E-state index is 0.00793. The van der Waals surface area contributed by atoms with E-state index in [2.05, 4.69) is 0 Å². The van der Waals surface area contributed by atoms with Crippen LogP contribution in [0.1, 0.15) is 17.4 Å². The summed E-state index contributed by atoms with van der Waals surface area (Å²) < 4.78 is 10.6. The Kier molecular flexibility index (Phi) is 4.44. The molecule has 1 aliphatic rings. The minimum Gasteiger partial charge on any atom is -0.454 e. The lowest BCUT2D eigenvalue weighted by Crippen LogP contribution is -2.28. The number of carbonyl (C=O) groups excluding carboxylic acids is 1. The fourth-order valence-corrected chi connectivity index (χ4v) is 2.95. The van der Waals surface area contributed by atoms with Gasteiger partial charge in [0.25, 0.3) is 0 Å². The SMILES string of the molecule is CCN(Cc1cccs1)C(=O)/C=C/c1ccc2c(c1)OCO2. The van der Waals surface area contributed by atoms with Gasteiger partial charge in [-0.2, -0.15) is 0 Å². The number of hydrogen-bond donors (Lipinski definition) is 0. The first-order chi connectivity index (χ1) is 10.8. The molecule has 0 unspecified atom stereocenters. The van der Waals surface area contributed by atoms with E-state index < -0.39 is 0 Å². The summed E-state index contributed by atoms with van der Waals surface area (Å²) in [6.07, 6.45) is 3.41. The van der Waals surface area contributed by atoms with Crippen LogP contribution >= 0.6 is 11.3 Å². The molecule has 114 valence electrons. The zero-order valence-electron chi connectivity index (χ0n) is 12.3. The van der Waals surface area contributed by atoms with Crippen molar-refractivity contribution in [3.05, 3.63) is 52.2 Å². The van der Waals surface area contributed by atoms with E-state index in [4.69, 9.17) is 9.47 Å². The average Bonchev–Trinajstić information content (AvgIpc) is 3.20. The predicted molar refractivity (Wildman–Crippen MR) is 87.0 cm³/mol. The Morgan fingerprint density at radius 1 is 1.32 bits per heavy atom. The summed E-state index contributed by atoms with van der Waals surface area (Å²) in [4.78, 5) is 15.3. The van der Waals surface area contributed by atoms with Gasteiger partial charge in [0.2, 0.25) is 12.7 Å². The molecule has 0 saturated heterocycles. The highest BCUT2D eigenvalue weighted by atomic mass is 32.1. The van der Waals surface area contributed by atoms with Crippen LogP contribution in [0.4, 0.5) is 0 Å². The Hall–Kier alpha value is -2.27. The number of likely N-dealkylation sites (N-methyl/N-ethyl adjacent to an activating group) is 1. The van der Waals surface area contributed by atoms with Crippen molar-refractivity contribution in [2.45, 2.75) is 13.5 Å². The van der Waals surface area contributed by atoms with Gasteiger partial charge in [-0.05, 0) is 42.1 Å². The minimum atomic E-state index is 0.00793. The van der Waals surface area contributed by atoms with Crippen molar-refractivity contribution in [3.63, 3.8) is 0 Å². The molecule has 0 aliphatic carbocycles. The van der Waals surface area contributed by atoms with Gasteiger partial charge in [0.1, 0.15) is 0 Å². The zero-order chi connectivity index (χ0) is 15.4. The molecule has 0 fully saturated rings. The molecule has 2 heterocycles. The molecule has 5 heteroatoms. The second-order valence-corrected chi connectivity index (χ2v) is 5.91. The molecule has 1 aromatic heterocycles. The Morgan fingerprint density at radius 2 is 2.18 bits per heavy atom. The van der Waals surface area contributed by atoms with Gasteiger partial charge < -0.3 is 14.4 Å². The number of fused-ring (bicyclic) bond motifs is 1. The molecule has 1 amide bonds. The van der Waals surface area contributed by atoms with Crippen molar-refractivity contribution < 1.29 is 14.3 Å². The molecule has 3 rings (SSSR count). The molecule has 0 radical (unpaired) electrons. The maximum absolute atomic E-state index is 12.3. The van der Waals surface area contributed by atoms with Crippen LogP contribution in [0.5, 0.6) is 11.5 Å². The number of ether oxygens (including phenoxy) is 2. The second kappa shape index (κ2) is 6.66. The zero-order valence-corrected chi connectivity index (χ0v) is 13.1. The topological polar surface area (TPSA) is 38.8 Å². The first kappa shape index (κ1) is 14.7. The van der Waals surface area contributed by atoms with Crippen LogP contribution in [0.2, 0.25) is 0 Å². The van der Waals surface area contributed by atoms with E-state index in [0.29, 0.717) is 13.1 Å². The van der Waals surface area contributed by atoms with Crippen LogP contribution in [0.25, 0.3) is 6.08 Å². The quantitative estimate of drug-likeness (QED) is 0.792. The van der Waals surface area contributed by atoms with Crippen LogP contribution in [0.15, 0.2) is 41.8 Å². The predicted octanol–water partition coefficient (Wildman–Crippen LogP) is 3.54. The first-order valence-electron chi connectivity index (χ1n) is 7.15. The van der Waals surface area contributed by atoms with E-state index in [0.717, 1.165) is 17.1 Å². The van der Waals surface area contributed by atoms with Gasteiger partial charge in [-0.1, -0.05) is 12.1 Å². The van der Waals surface area contributed by atoms with Gasteiger partial charge >= 0.3 is 0 Å². The molecule has 2 aromatic rings. The van der Waals surface area contributed by atoms with Crippen LogP contribution < -0.4 is 9.47 Å². The maximum Gasteiger partial charge on any atom is 0.246 e. The van der Waals surface area contributed by atoms with Crippen molar-refractivity contribution in [3.8, 4) is 11.5 Å². The van der Waals surface area contributed by atoms with Crippen molar-refractivity contribution in [2.75, 3.05) is 13.3 Å². The third-order valence-electron chi connectivity index (χ3n) is 3.44. The summed E-state index contributed by atoms with van der Waals surface area (Å²) >= 11 is 1.66. The smallest absolute Gasteiger partial charge is 0.246 e. The molecular weight excluding hydrogens is 298 g/mol. The van der Waals surface area contributed by atoms with Crippen LogP contribution in [-0.2, 0) is 11.3 Å². The lowest BCUT2D eigenvalue weighted by molar-refractivity contribution is -0.126. The Morgan fingerprint density at radius 3 is 2.95 bits per heavy atom. The van der Waals surface area contributed by atoms with Crippen molar-refractivity contribution in [1.29, 1.82) is 0 Å². The van der Waals surface area contributed by atoms with Gasteiger partial charge in [-0.25, -0.2) is 0 Å². The van der Waals surface area contributed by atoms with Gasteiger partial charge in [-0.15, -0.1) is 11.3 Å². The average molecular weight is 315 g/mol. The number of thiophene rings is 1. The number of benzene rings is 1. The van der Waals surface area contributed by atoms with Gasteiger partial charge in [0, 0.05) is 17.5 Å². The Bertz CT molecular complexity index is 679. The lowest BCUT2D eigenvalue weighted by atomic mass is 10.2. The van der Waals surface area contributed by atoms with Crippen molar-refractivity contribution in [1.82, 2.24) is 4.90 Å².